The fourth-order valence-electron chi connectivity index (χ4n) is 3.61. The molecule has 1 aliphatic rings. The molecule has 1 heterocycles. The van der Waals surface area contributed by atoms with Gasteiger partial charge in [-0.3, -0.25) is 9.59 Å². The number of hydrogen-bond acceptors (Lipinski definition) is 4. The van der Waals surface area contributed by atoms with E-state index in [1.54, 1.807) is 18.2 Å². The monoisotopic (exact) mass is 349 g/mol. The highest BCUT2D eigenvalue weighted by Crippen LogP contribution is 2.30. The zero-order valence-electron chi connectivity index (χ0n) is 14.1. The van der Waals surface area contributed by atoms with Crippen molar-refractivity contribution in [3.05, 3.63) is 54.1 Å². The van der Waals surface area contributed by atoms with Crippen molar-refractivity contribution < 1.29 is 14.1 Å². The molecule has 2 atom stereocenters. The van der Waals surface area contributed by atoms with Gasteiger partial charge in [0, 0.05) is 17.2 Å². The maximum absolute atomic E-state index is 12.7. The van der Waals surface area contributed by atoms with Crippen molar-refractivity contribution >= 4 is 22.7 Å². The fourth-order valence-corrected chi connectivity index (χ4v) is 3.61. The van der Waals surface area contributed by atoms with E-state index in [4.69, 9.17) is 10.3 Å². The standard InChI is InChI=1S/C20H19N3O3/c21-19(24)14-7-4-8-16(14)22-20(25)13-9-10-17-15(11-13)18(26-23-17)12-5-2-1-3-6-12/h1-3,5-6,9-11,14,16H,4,7-8H2,(H2,21,24)(H,22,25)/t14-,16+/m0/s1. The van der Waals surface area contributed by atoms with E-state index in [2.05, 4.69) is 10.5 Å². The summed E-state index contributed by atoms with van der Waals surface area (Å²) in [5.41, 5.74) is 7.53. The molecule has 0 unspecified atom stereocenters. The van der Waals surface area contributed by atoms with Gasteiger partial charge in [-0.1, -0.05) is 41.9 Å². The largest absolute Gasteiger partial charge is 0.369 e. The first kappa shape index (κ1) is 16.3. The Labute approximate surface area is 150 Å². The first-order valence-corrected chi connectivity index (χ1v) is 8.68. The molecular formula is C20H19N3O3. The van der Waals surface area contributed by atoms with E-state index in [0.717, 1.165) is 30.2 Å². The molecule has 26 heavy (non-hydrogen) atoms. The van der Waals surface area contributed by atoms with Crippen LogP contribution in [0.15, 0.2) is 53.1 Å². The van der Waals surface area contributed by atoms with Crippen molar-refractivity contribution in [2.45, 2.75) is 25.3 Å². The molecule has 0 aliphatic heterocycles. The third-order valence-corrected chi connectivity index (χ3v) is 4.97. The molecule has 3 aromatic rings. The van der Waals surface area contributed by atoms with E-state index in [1.807, 2.05) is 30.3 Å². The number of nitrogens with two attached hydrogens (primary N) is 1. The highest BCUT2D eigenvalue weighted by molar-refractivity contribution is 6.01. The van der Waals surface area contributed by atoms with Crippen LogP contribution in [0.1, 0.15) is 29.6 Å². The topological polar surface area (TPSA) is 98.2 Å². The summed E-state index contributed by atoms with van der Waals surface area (Å²) >= 11 is 0. The molecule has 1 aliphatic carbocycles. The predicted molar refractivity (Wildman–Crippen MR) is 97.2 cm³/mol. The molecule has 0 saturated heterocycles. The van der Waals surface area contributed by atoms with Gasteiger partial charge in [0.2, 0.25) is 5.91 Å². The lowest BCUT2D eigenvalue weighted by atomic mass is 10.0. The highest BCUT2D eigenvalue weighted by atomic mass is 16.5. The van der Waals surface area contributed by atoms with Crippen molar-refractivity contribution in [1.82, 2.24) is 10.5 Å². The summed E-state index contributed by atoms with van der Waals surface area (Å²) < 4.78 is 5.47. The molecule has 3 N–H and O–H groups in total. The van der Waals surface area contributed by atoms with Crippen LogP contribution in [0.3, 0.4) is 0 Å². The lowest BCUT2D eigenvalue weighted by molar-refractivity contribution is -0.122. The second kappa shape index (κ2) is 6.63. The maximum atomic E-state index is 12.7. The van der Waals surface area contributed by atoms with Crippen molar-refractivity contribution in [3.8, 4) is 11.3 Å². The Morgan fingerprint density at radius 3 is 2.69 bits per heavy atom. The number of hydrogen-bond donors (Lipinski definition) is 2. The summed E-state index contributed by atoms with van der Waals surface area (Å²) in [5, 5.41) is 7.80. The number of carbonyl (C=O) groups excluding carboxylic acids is 2. The number of rotatable bonds is 4. The third-order valence-electron chi connectivity index (χ3n) is 4.97. The Morgan fingerprint density at radius 1 is 1.12 bits per heavy atom. The summed E-state index contributed by atoms with van der Waals surface area (Å²) in [6.45, 7) is 0. The second-order valence-electron chi connectivity index (χ2n) is 6.63. The number of primary amides is 1. The number of aromatic nitrogens is 1. The second-order valence-corrected chi connectivity index (χ2v) is 6.63. The van der Waals surface area contributed by atoms with Crippen LogP contribution in [0.5, 0.6) is 0 Å². The molecule has 2 aromatic carbocycles. The Balaban J connectivity index is 1.63. The van der Waals surface area contributed by atoms with Crippen LogP contribution in [0.2, 0.25) is 0 Å². The zero-order valence-corrected chi connectivity index (χ0v) is 14.1. The zero-order chi connectivity index (χ0) is 18.1. The summed E-state index contributed by atoms with van der Waals surface area (Å²) in [5.74, 6) is -0.233. The van der Waals surface area contributed by atoms with Gasteiger partial charge < -0.3 is 15.6 Å². The predicted octanol–water partition coefficient (Wildman–Crippen LogP) is 2.88. The quantitative estimate of drug-likeness (QED) is 0.756. The molecule has 132 valence electrons. The molecular weight excluding hydrogens is 330 g/mol. The molecule has 0 radical (unpaired) electrons. The summed E-state index contributed by atoms with van der Waals surface area (Å²) in [7, 11) is 0. The number of nitrogens with one attached hydrogen (secondary N) is 1. The van der Waals surface area contributed by atoms with Gasteiger partial charge in [-0.15, -0.1) is 0 Å². The van der Waals surface area contributed by atoms with Gasteiger partial charge in [0.1, 0.15) is 5.52 Å². The maximum Gasteiger partial charge on any atom is 0.251 e. The summed E-state index contributed by atoms with van der Waals surface area (Å²) in [4.78, 5) is 24.2. The molecule has 6 heteroatoms. The third kappa shape index (κ3) is 2.94. The Morgan fingerprint density at radius 2 is 1.92 bits per heavy atom. The molecule has 2 amide bonds. The van der Waals surface area contributed by atoms with Gasteiger partial charge in [-0.05, 0) is 31.0 Å². The smallest absolute Gasteiger partial charge is 0.251 e. The first-order valence-electron chi connectivity index (χ1n) is 8.68. The van der Waals surface area contributed by atoms with Crippen molar-refractivity contribution in [1.29, 1.82) is 0 Å². The molecule has 1 fully saturated rings. The normalized spacial score (nSPS) is 19.5. The molecule has 1 aromatic heterocycles. The Kier molecular flexibility index (Phi) is 4.16. The number of amides is 2. The summed E-state index contributed by atoms with van der Waals surface area (Å²) in [6, 6.07) is 14.7. The molecule has 4 rings (SSSR count). The van der Waals surface area contributed by atoms with Crippen LogP contribution in [0.25, 0.3) is 22.2 Å². The van der Waals surface area contributed by atoms with Crippen molar-refractivity contribution in [3.63, 3.8) is 0 Å². The number of benzene rings is 2. The Hall–Kier alpha value is -3.15. The number of carbonyl (C=O) groups is 2. The minimum absolute atomic E-state index is 0.202. The average Bonchev–Trinajstić information content (AvgIpc) is 3.28. The average molecular weight is 349 g/mol. The van der Waals surface area contributed by atoms with Crippen LogP contribution in [-0.2, 0) is 4.79 Å². The van der Waals surface area contributed by atoms with E-state index in [-0.39, 0.29) is 23.8 Å². The molecule has 0 bridgehead atoms. The highest BCUT2D eigenvalue weighted by Gasteiger charge is 2.32. The molecule has 6 nitrogen and oxygen atoms in total. The molecule has 1 saturated carbocycles. The van der Waals surface area contributed by atoms with Crippen LogP contribution in [0, 0.1) is 5.92 Å². The summed E-state index contributed by atoms with van der Waals surface area (Å²) in [6.07, 6.45) is 2.38. The SMILES string of the molecule is NC(=O)[C@H]1CCC[C@H]1NC(=O)c1ccc2noc(-c3ccccc3)c2c1. The number of fused-ring (bicyclic) bond motifs is 1. The Bertz CT molecular complexity index is 965. The van der Waals surface area contributed by atoms with Crippen molar-refractivity contribution in [2.24, 2.45) is 11.7 Å². The van der Waals surface area contributed by atoms with Crippen LogP contribution in [-0.4, -0.2) is 23.0 Å². The van der Waals surface area contributed by atoms with Crippen LogP contribution < -0.4 is 11.1 Å². The fraction of sp³-hybridized carbons (Fsp3) is 0.250. The van der Waals surface area contributed by atoms with Gasteiger partial charge in [0.25, 0.3) is 5.91 Å². The van der Waals surface area contributed by atoms with Gasteiger partial charge in [0.05, 0.1) is 11.3 Å². The molecule has 0 spiro atoms. The minimum atomic E-state index is -0.353. The van der Waals surface area contributed by atoms with Gasteiger partial charge in [0.15, 0.2) is 5.76 Å². The van der Waals surface area contributed by atoms with Gasteiger partial charge in [-0.2, -0.15) is 0 Å². The lowest BCUT2D eigenvalue weighted by Gasteiger charge is -2.18. The van der Waals surface area contributed by atoms with E-state index in [1.165, 1.54) is 0 Å². The van der Waals surface area contributed by atoms with Gasteiger partial charge in [-0.25, -0.2) is 0 Å². The van der Waals surface area contributed by atoms with Crippen LogP contribution >= 0.6 is 0 Å². The van der Waals surface area contributed by atoms with E-state index in [0.29, 0.717) is 16.8 Å². The van der Waals surface area contributed by atoms with E-state index in [9.17, 15) is 9.59 Å². The van der Waals surface area contributed by atoms with Gasteiger partial charge >= 0.3 is 0 Å². The minimum Gasteiger partial charge on any atom is -0.369 e. The van der Waals surface area contributed by atoms with E-state index >= 15 is 0 Å². The van der Waals surface area contributed by atoms with Crippen molar-refractivity contribution in [2.75, 3.05) is 0 Å². The van der Waals surface area contributed by atoms with Crippen LogP contribution in [0.4, 0.5) is 0 Å². The first-order chi connectivity index (χ1) is 12.6. The lowest BCUT2D eigenvalue weighted by Crippen LogP contribution is -2.42. The number of nitrogens with zero attached hydrogens (tertiary/aromatic N) is 1. The van der Waals surface area contributed by atoms with E-state index < -0.39 is 0 Å².